The van der Waals surface area contributed by atoms with Crippen LogP contribution in [0.5, 0.6) is 0 Å². The van der Waals surface area contributed by atoms with Gasteiger partial charge in [-0.15, -0.1) is 0 Å². The summed E-state index contributed by atoms with van der Waals surface area (Å²) in [6, 6.07) is 25.0. The van der Waals surface area contributed by atoms with Crippen molar-refractivity contribution >= 4 is 39.7 Å². The van der Waals surface area contributed by atoms with E-state index in [1.54, 1.807) is 24.4 Å². The molecule has 0 saturated carbocycles. The van der Waals surface area contributed by atoms with E-state index in [9.17, 15) is 4.79 Å². The van der Waals surface area contributed by atoms with Crippen LogP contribution in [0.25, 0.3) is 6.08 Å². The Morgan fingerprint density at radius 2 is 1.60 bits per heavy atom. The van der Waals surface area contributed by atoms with Crippen molar-refractivity contribution in [2.45, 2.75) is 0 Å². The van der Waals surface area contributed by atoms with Crippen molar-refractivity contribution in [1.29, 1.82) is 0 Å². The van der Waals surface area contributed by atoms with Crippen LogP contribution in [0.3, 0.4) is 0 Å². The standard InChI is InChI=1S/C22H16BrNO/c23-20-12-9-17(10-13-20)11-14-22(25)19-7-4-8-21(15-19)24-16-18-5-2-1-3-6-18/h1-16H/b14-11+,24-16?. The number of hydrogen-bond acceptors (Lipinski definition) is 2. The molecular formula is C22H16BrNO. The minimum atomic E-state index is -0.0420. The summed E-state index contributed by atoms with van der Waals surface area (Å²) >= 11 is 3.40. The van der Waals surface area contributed by atoms with Crippen LogP contribution in [0.1, 0.15) is 21.5 Å². The van der Waals surface area contributed by atoms with Crippen LogP contribution in [0.4, 0.5) is 5.69 Å². The lowest BCUT2D eigenvalue weighted by atomic mass is 10.1. The molecule has 0 bridgehead atoms. The Hall–Kier alpha value is -2.78. The topological polar surface area (TPSA) is 29.4 Å². The second-order valence-electron chi connectivity index (χ2n) is 5.47. The van der Waals surface area contributed by atoms with Gasteiger partial charge in [0.1, 0.15) is 0 Å². The molecule has 122 valence electrons. The van der Waals surface area contributed by atoms with E-state index in [1.807, 2.05) is 72.8 Å². The van der Waals surface area contributed by atoms with Gasteiger partial charge in [-0.25, -0.2) is 0 Å². The van der Waals surface area contributed by atoms with E-state index >= 15 is 0 Å². The molecule has 3 heteroatoms. The number of rotatable bonds is 5. The largest absolute Gasteiger partial charge is 0.289 e. The van der Waals surface area contributed by atoms with E-state index in [0.717, 1.165) is 21.3 Å². The second kappa shape index (κ2) is 8.36. The first-order chi connectivity index (χ1) is 12.2. The minimum Gasteiger partial charge on any atom is -0.289 e. The molecule has 0 spiro atoms. The summed E-state index contributed by atoms with van der Waals surface area (Å²) in [5.41, 5.74) is 3.38. The maximum atomic E-state index is 12.4. The smallest absolute Gasteiger partial charge is 0.185 e. The molecule has 2 nitrogen and oxygen atoms in total. The highest BCUT2D eigenvalue weighted by Crippen LogP contribution is 2.16. The monoisotopic (exact) mass is 389 g/mol. The number of allylic oxidation sites excluding steroid dienone is 1. The minimum absolute atomic E-state index is 0.0420. The molecule has 0 aliphatic carbocycles. The molecule has 3 aromatic rings. The zero-order valence-electron chi connectivity index (χ0n) is 13.5. The highest BCUT2D eigenvalue weighted by atomic mass is 79.9. The van der Waals surface area contributed by atoms with Gasteiger partial charge in [0.2, 0.25) is 0 Å². The van der Waals surface area contributed by atoms with Gasteiger partial charge in [0.05, 0.1) is 5.69 Å². The van der Waals surface area contributed by atoms with Gasteiger partial charge in [0.15, 0.2) is 5.78 Å². The Morgan fingerprint density at radius 3 is 2.36 bits per heavy atom. The third-order valence-electron chi connectivity index (χ3n) is 3.59. The van der Waals surface area contributed by atoms with E-state index in [4.69, 9.17) is 0 Å². The van der Waals surface area contributed by atoms with Gasteiger partial charge in [-0.2, -0.15) is 0 Å². The second-order valence-corrected chi connectivity index (χ2v) is 6.38. The average molecular weight is 390 g/mol. The third-order valence-corrected chi connectivity index (χ3v) is 4.12. The lowest BCUT2D eigenvalue weighted by Gasteiger charge is -1.99. The van der Waals surface area contributed by atoms with E-state index in [1.165, 1.54) is 0 Å². The fourth-order valence-corrected chi connectivity index (χ4v) is 2.53. The molecule has 0 atom stereocenters. The highest BCUT2D eigenvalue weighted by Gasteiger charge is 2.02. The first kappa shape index (κ1) is 17.1. The van der Waals surface area contributed by atoms with Gasteiger partial charge in [-0.1, -0.05) is 76.6 Å². The molecule has 0 heterocycles. The molecule has 25 heavy (non-hydrogen) atoms. The van der Waals surface area contributed by atoms with Crippen molar-refractivity contribution in [2.75, 3.05) is 0 Å². The lowest BCUT2D eigenvalue weighted by molar-refractivity contribution is 0.104. The zero-order chi connectivity index (χ0) is 17.5. The van der Waals surface area contributed by atoms with Crippen molar-refractivity contribution in [1.82, 2.24) is 0 Å². The van der Waals surface area contributed by atoms with Gasteiger partial charge in [0, 0.05) is 16.3 Å². The number of ketones is 1. The highest BCUT2D eigenvalue weighted by molar-refractivity contribution is 9.10. The zero-order valence-corrected chi connectivity index (χ0v) is 15.1. The summed E-state index contributed by atoms with van der Waals surface area (Å²) in [5, 5.41) is 0. The number of carbonyl (C=O) groups excluding carboxylic acids is 1. The van der Waals surface area contributed by atoms with Crippen molar-refractivity contribution in [3.8, 4) is 0 Å². The van der Waals surface area contributed by atoms with Crippen molar-refractivity contribution < 1.29 is 4.79 Å². The molecule has 0 aliphatic rings. The molecule has 0 radical (unpaired) electrons. The van der Waals surface area contributed by atoms with E-state index in [0.29, 0.717) is 5.56 Å². The summed E-state index contributed by atoms with van der Waals surface area (Å²) in [4.78, 5) is 16.8. The third kappa shape index (κ3) is 5.10. The van der Waals surface area contributed by atoms with Crippen molar-refractivity contribution in [3.05, 3.63) is 106 Å². The first-order valence-electron chi connectivity index (χ1n) is 7.88. The molecule has 0 aromatic heterocycles. The van der Waals surface area contributed by atoms with Crippen LogP contribution >= 0.6 is 15.9 Å². The first-order valence-corrected chi connectivity index (χ1v) is 8.67. The number of halogens is 1. The maximum Gasteiger partial charge on any atom is 0.185 e. The molecule has 3 rings (SSSR count). The van der Waals surface area contributed by atoms with E-state index in [2.05, 4.69) is 20.9 Å². The number of hydrogen-bond donors (Lipinski definition) is 0. The summed E-state index contributed by atoms with van der Waals surface area (Å²) < 4.78 is 1.01. The van der Waals surface area contributed by atoms with Crippen LogP contribution < -0.4 is 0 Å². The van der Waals surface area contributed by atoms with Crippen molar-refractivity contribution in [2.24, 2.45) is 4.99 Å². The molecule has 0 aliphatic heterocycles. The quantitative estimate of drug-likeness (QED) is 0.294. The van der Waals surface area contributed by atoms with E-state index in [-0.39, 0.29) is 5.78 Å². The Morgan fingerprint density at radius 1 is 0.840 bits per heavy atom. The molecule has 0 N–H and O–H groups in total. The fourth-order valence-electron chi connectivity index (χ4n) is 2.27. The Kier molecular flexibility index (Phi) is 5.70. The summed E-state index contributed by atoms with van der Waals surface area (Å²) in [6.45, 7) is 0. The Labute approximate surface area is 155 Å². The van der Waals surface area contributed by atoms with Crippen molar-refractivity contribution in [3.63, 3.8) is 0 Å². The van der Waals surface area contributed by atoms with Crippen LogP contribution in [-0.2, 0) is 0 Å². The molecule has 3 aromatic carbocycles. The van der Waals surface area contributed by atoms with Gasteiger partial charge in [-0.3, -0.25) is 9.79 Å². The summed E-state index contributed by atoms with van der Waals surface area (Å²) in [7, 11) is 0. The lowest BCUT2D eigenvalue weighted by Crippen LogP contribution is -1.93. The number of benzene rings is 3. The molecule has 0 unspecified atom stereocenters. The van der Waals surface area contributed by atoms with Gasteiger partial charge in [-0.05, 0) is 41.5 Å². The molecular weight excluding hydrogens is 374 g/mol. The molecule has 0 saturated heterocycles. The maximum absolute atomic E-state index is 12.4. The van der Waals surface area contributed by atoms with E-state index < -0.39 is 0 Å². The van der Waals surface area contributed by atoms with Gasteiger partial charge >= 0.3 is 0 Å². The molecule has 0 amide bonds. The predicted octanol–water partition coefficient (Wildman–Crippen LogP) is 6.10. The van der Waals surface area contributed by atoms with Crippen LogP contribution in [0, 0.1) is 0 Å². The number of carbonyl (C=O) groups is 1. The van der Waals surface area contributed by atoms with Gasteiger partial charge < -0.3 is 0 Å². The number of nitrogens with zero attached hydrogens (tertiary/aromatic N) is 1. The Balaban J connectivity index is 1.73. The van der Waals surface area contributed by atoms with Crippen LogP contribution in [0.15, 0.2) is 94.4 Å². The number of aliphatic imine (C=N–C) groups is 1. The summed E-state index contributed by atoms with van der Waals surface area (Å²) in [5.74, 6) is -0.0420. The average Bonchev–Trinajstić information content (AvgIpc) is 2.67. The van der Waals surface area contributed by atoms with Crippen LogP contribution in [0.2, 0.25) is 0 Å². The molecule has 0 fully saturated rings. The fraction of sp³-hybridized carbons (Fsp3) is 0. The normalized spacial score (nSPS) is 11.2. The van der Waals surface area contributed by atoms with Gasteiger partial charge in [0.25, 0.3) is 0 Å². The predicted molar refractivity (Wildman–Crippen MR) is 108 cm³/mol. The van der Waals surface area contributed by atoms with Crippen LogP contribution in [-0.4, -0.2) is 12.0 Å². The Bertz CT molecular complexity index is 912. The summed E-state index contributed by atoms with van der Waals surface area (Å²) in [6.07, 6.45) is 5.19. The SMILES string of the molecule is O=C(/C=C/c1ccc(Br)cc1)c1cccc(N=Cc2ccccc2)c1.